The van der Waals surface area contributed by atoms with E-state index in [0.717, 1.165) is 32.5 Å². The van der Waals surface area contributed by atoms with Crippen LogP contribution in [0.2, 0.25) is 0 Å². The van der Waals surface area contributed by atoms with Crippen molar-refractivity contribution < 1.29 is 23.9 Å². The lowest BCUT2D eigenvalue weighted by atomic mass is 9.79. The molecule has 8 heteroatoms. The summed E-state index contributed by atoms with van der Waals surface area (Å²) in [5, 5.41) is 11.4. The lowest BCUT2D eigenvalue weighted by Crippen LogP contribution is -2.34. The van der Waals surface area contributed by atoms with Crippen LogP contribution in [0.4, 0.5) is 0 Å². The summed E-state index contributed by atoms with van der Waals surface area (Å²) in [6.07, 6.45) is 0.499. The Kier molecular flexibility index (Phi) is 7.94. The highest BCUT2D eigenvalue weighted by Crippen LogP contribution is 2.44. The van der Waals surface area contributed by atoms with Crippen molar-refractivity contribution in [2.75, 3.05) is 6.61 Å². The number of hydrogen-bond acceptors (Lipinski definition) is 6. The monoisotopic (exact) mass is 549 g/mol. The van der Waals surface area contributed by atoms with Gasteiger partial charge in [-0.15, -0.1) is 11.8 Å². The number of rotatable bonds is 8. The van der Waals surface area contributed by atoms with Gasteiger partial charge in [-0.05, 0) is 63.8 Å². The maximum atomic E-state index is 12.9. The summed E-state index contributed by atoms with van der Waals surface area (Å²) in [7, 11) is -0.479. The highest BCUT2D eigenvalue weighted by Gasteiger charge is 2.42. The topological polar surface area (TPSA) is 69.9 Å². The molecule has 0 radical (unpaired) electrons. The first-order valence-corrected chi connectivity index (χ1v) is 14.3. The molecule has 0 bridgehead atoms. The molecular formula is C31H40BNO5S. The van der Waals surface area contributed by atoms with Gasteiger partial charge in [0.2, 0.25) is 0 Å². The summed E-state index contributed by atoms with van der Waals surface area (Å²) in [5.74, 6) is 0.621. The molecule has 3 aromatic rings. The Morgan fingerprint density at radius 1 is 1.13 bits per heavy atom. The van der Waals surface area contributed by atoms with Gasteiger partial charge in [0.1, 0.15) is 11.4 Å². The fourth-order valence-corrected chi connectivity index (χ4v) is 5.87. The van der Waals surface area contributed by atoms with Crippen LogP contribution in [0.25, 0.3) is 10.9 Å². The van der Waals surface area contributed by atoms with Crippen LogP contribution in [0.1, 0.15) is 66.6 Å². The Morgan fingerprint density at radius 2 is 1.79 bits per heavy atom. The van der Waals surface area contributed by atoms with Crippen LogP contribution >= 0.6 is 11.8 Å². The van der Waals surface area contributed by atoms with Gasteiger partial charge in [-0.25, -0.2) is 0 Å². The molecule has 208 valence electrons. The molecule has 1 saturated heterocycles. The molecule has 39 heavy (non-hydrogen) atoms. The van der Waals surface area contributed by atoms with Crippen molar-refractivity contribution in [1.29, 1.82) is 0 Å². The fraction of sp³-hybridized carbons (Fsp3) is 0.452. The lowest BCUT2D eigenvalue weighted by molar-refractivity contribution is -0.153. The van der Waals surface area contributed by atoms with Gasteiger partial charge >= 0.3 is 13.1 Å². The minimum atomic E-state index is -0.729. The Morgan fingerprint density at radius 3 is 2.36 bits per heavy atom. The normalized spacial score (nSPS) is 15.6. The maximum absolute atomic E-state index is 12.9. The second-order valence-electron chi connectivity index (χ2n) is 12.3. The summed E-state index contributed by atoms with van der Waals surface area (Å²) < 4.78 is 19.5. The van der Waals surface area contributed by atoms with Crippen molar-refractivity contribution in [3.05, 3.63) is 66.1 Å². The molecule has 0 spiro atoms. The molecule has 1 aliphatic rings. The minimum Gasteiger partial charge on any atom is -0.534 e. The predicted molar refractivity (Wildman–Crippen MR) is 160 cm³/mol. The van der Waals surface area contributed by atoms with Gasteiger partial charge in [0.15, 0.2) is 0 Å². The van der Waals surface area contributed by atoms with E-state index in [1.54, 1.807) is 17.8 Å². The van der Waals surface area contributed by atoms with Gasteiger partial charge in [-0.3, -0.25) is 4.79 Å². The first-order valence-electron chi connectivity index (χ1n) is 13.4. The number of benzene rings is 2. The van der Waals surface area contributed by atoms with Crippen molar-refractivity contribution in [3.8, 4) is 5.75 Å². The van der Waals surface area contributed by atoms with Crippen LogP contribution in [-0.4, -0.2) is 39.7 Å². The molecule has 2 heterocycles. The van der Waals surface area contributed by atoms with E-state index in [1.165, 1.54) is 0 Å². The number of esters is 1. The molecule has 0 unspecified atom stereocenters. The zero-order valence-electron chi connectivity index (χ0n) is 24.4. The van der Waals surface area contributed by atoms with E-state index in [1.807, 2.05) is 58.9 Å². The van der Waals surface area contributed by atoms with E-state index in [-0.39, 0.29) is 16.5 Å². The van der Waals surface area contributed by atoms with Gasteiger partial charge < -0.3 is 23.7 Å². The number of carbonyl (C=O) groups is 1. The summed E-state index contributed by atoms with van der Waals surface area (Å²) >= 11 is 1.76. The van der Waals surface area contributed by atoms with Crippen LogP contribution in [0.5, 0.6) is 5.75 Å². The number of hydrogen-bond donors (Lipinski definition) is 1. The van der Waals surface area contributed by atoms with Crippen molar-refractivity contribution in [1.82, 2.24) is 4.57 Å². The number of fused-ring (bicyclic) bond motifs is 1. The number of phenols is 1. The average Bonchev–Trinajstić information content (AvgIpc) is 3.25. The third-order valence-corrected chi connectivity index (χ3v) is 8.14. The zero-order valence-corrected chi connectivity index (χ0v) is 25.2. The van der Waals surface area contributed by atoms with Crippen LogP contribution in [-0.2, 0) is 31.8 Å². The van der Waals surface area contributed by atoms with Crippen molar-refractivity contribution in [2.45, 2.75) is 83.6 Å². The number of phenolic OH excluding ortho intramolecular Hbond substituents is 1. The van der Waals surface area contributed by atoms with Gasteiger partial charge in [0.25, 0.3) is 0 Å². The van der Waals surface area contributed by atoms with Crippen molar-refractivity contribution >= 4 is 41.2 Å². The first kappa shape index (κ1) is 29.2. The minimum absolute atomic E-state index is 0.0753. The molecule has 6 nitrogen and oxygen atoms in total. The summed E-state index contributed by atoms with van der Waals surface area (Å²) in [6, 6.07) is 13.7. The van der Waals surface area contributed by atoms with E-state index in [2.05, 4.69) is 44.0 Å². The van der Waals surface area contributed by atoms with Gasteiger partial charge in [-0.1, -0.05) is 51.6 Å². The number of aromatic hydroxyl groups is 1. The van der Waals surface area contributed by atoms with E-state index in [4.69, 9.17) is 14.0 Å². The molecule has 0 atom stereocenters. The molecule has 4 rings (SSSR count). The maximum Gasteiger partial charge on any atom is 0.563 e. The standard InChI is InChI=1S/C31H40BNO5S/c1-10-36-28(35)30(6,7)18-26-27(39-29(3,4)5)24-17-23(34)15-16-25(24)33(26)19-21-11-13-22(14-12-21)32-37-20(2)31(8,9)38-32/h11-17,34H,2,10,18-19H2,1,3-9H3. The molecule has 1 fully saturated rings. The van der Waals surface area contributed by atoms with Crippen LogP contribution in [0.3, 0.4) is 0 Å². The van der Waals surface area contributed by atoms with Crippen LogP contribution < -0.4 is 5.46 Å². The summed E-state index contributed by atoms with van der Waals surface area (Å²) in [5.41, 5.74) is 2.84. The molecule has 0 saturated carbocycles. The highest BCUT2D eigenvalue weighted by atomic mass is 32.2. The largest absolute Gasteiger partial charge is 0.563 e. The number of aromatic nitrogens is 1. The second kappa shape index (κ2) is 10.6. The molecule has 0 aliphatic carbocycles. The fourth-order valence-electron chi connectivity index (χ4n) is 4.69. The van der Waals surface area contributed by atoms with Crippen LogP contribution in [0, 0.1) is 5.41 Å². The van der Waals surface area contributed by atoms with Crippen LogP contribution in [0.15, 0.2) is 59.7 Å². The van der Waals surface area contributed by atoms with Gasteiger partial charge in [0.05, 0.1) is 17.8 Å². The number of carbonyl (C=O) groups excluding carboxylic acids is 1. The van der Waals surface area contributed by atoms with Crippen molar-refractivity contribution in [3.63, 3.8) is 0 Å². The third kappa shape index (κ3) is 6.33. The van der Waals surface area contributed by atoms with Crippen molar-refractivity contribution in [2.24, 2.45) is 5.41 Å². The summed E-state index contributed by atoms with van der Waals surface area (Å²) in [4.78, 5) is 14.0. The molecule has 2 aromatic carbocycles. The zero-order chi connectivity index (χ0) is 28.8. The quantitative estimate of drug-likeness (QED) is 0.198. The SMILES string of the molecule is C=C1OB(c2ccc(Cn3c(CC(C)(C)C(=O)OCC)c(SC(C)(C)C)c4cc(O)ccc43)cc2)OC1(C)C. The summed E-state index contributed by atoms with van der Waals surface area (Å²) in [6.45, 7) is 21.0. The molecule has 1 aromatic heterocycles. The molecule has 0 amide bonds. The Labute approximate surface area is 236 Å². The van der Waals surface area contributed by atoms with Gasteiger partial charge in [0, 0.05) is 39.2 Å². The number of nitrogens with zero attached hydrogens (tertiary/aromatic N) is 1. The first-order chi connectivity index (χ1) is 18.1. The van der Waals surface area contributed by atoms with E-state index >= 15 is 0 Å². The van der Waals surface area contributed by atoms with E-state index in [0.29, 0.717) is 25.3 Å². The van der Waals surface area contributed by atoms with Gasteiger partial charge in [-0.2, -0.15) is 0 Å². The van der Waals surface area contributed by atoms with E-state index in [9.17, 15) is 9.90 Å². The molecule has 1 aliphatic heterocycles. The Hall–Kier alpha value is -2.84. The van der Waals surface area contributed by atoms with E-state index < -0.39 is 18.1 Å². The second-order valence-corrected chi connectivity index (χ2v) is 14.1. The predicted octanol–water partition coefficient (Wildman–Crippen LogP) is 6.45. The highest BCUT2D eigenvalue weighted by molar-refractivity contribution is 8.00. The average molecular weight is 550 g/mol. The smallest absolute Gasteiger partial charge is 0.534 e. The molecule has 1 N–H and O–H groups in total. The number of thioether (sulfide) groups is 1. The number of ether oxygens (including phenoxy) is 1. The Balaban J connectivity index is 1.77. The third-order valence-electron chi connectivity index (χ3n) is 6.86. The lowest BCUT2D eigenvalue weighted by Gasteiger charge is -2.26. The molecular weight excluding hydrogens is 509 g/mol. The Bertz CT molecular complexity index is 1380.